The molecule has 32 heavy (non-hydrogen) atoms. The van der Waals surface area contributed by atoms with Crippen molar-refractivity contribution in [2.24, 2.45) is 5.92 Å². The minimum absolute atomic E-state index is 0.0325. The summed E-state index contributed by atoms with van der Waals surface area (Å²) in [6, 6.07) is 8.55. The average Bonchev–Trinajstić information content (AvgIpc) is 3.30. The van der Waals surface area contributed by atoms with E-state index in [4.69, 9.17) is 0 Å². The fourth-order valence-corrected chi connectivity index (χ4v) is 3.63. The van der Waals surface area contributed by atoms with E-state index in [-0.39, 0.29) is 30.5 Å². The molecule has 2 aromatic heterocycles. The van der Waals surface area contributed by atoms with Crippen molar-refractivity contribution < 1.29 is 18.9 Å². The van der Waals surface area contributed by atoms with E-state index in [9.17, 15) is 24.1 Å². The fraction of sp³-hybridized carbons (Fsp3) is 0.238. The summed E-state index contributed by atoms with van der Waals surface area (Å²) in [5, 5.41) is 18.1. The predicted molar refractivity (Wildman–Crippen MR) is 113 cm³/mol. The minimum atomic E-state index is -0.990. The normalized spacial score (nSPS) is 15.8. The lowest BCUT2D eigenvalue weighted by molar-refractivity contribution is -0.387. The molecule has 1 saturated heterocycles. The van der Waals surface area contributed by atoms with Gasteiger partial charge in [-0.15, -0.1) is 0 Å². The molecule has 0 bridgehead atoms. The lowest BCUT2D eigenvalue weighted by Gasteiger charge is -2.16. The Morgan fingerprint density at radius 1 is 1.25 bits per heavy atom. The number of nitrogens with one attached hydrogen (secondary N) is 1. The van der Waals surface area contributed by atoms with Gasteiger partial charge < -0.3 is 10.2 Å². The number of carbonyl (C=O) groups excluding carboxylic acids is 2. The molecule has 0 aliphatic carbocycles. The van der Waals surface area contributed by atoms with Crippen molar-refractivity contribution in [3.8, 4) is 5.82 Å². The Kier molecular flexibility index (Phi) is 5.39. The number of anilines is 2. The van der Waals surface area contributed by atoms with Crippen LogP contribution in [0.15, 0.2) is 42.6 Å². The van der Waals surface area contributed by atoms with Gasteiger partial charge in [0.15, 0.2) is 5.82 Å². The summed E-state index contributed by atoms with van der Waals surface area (Å²) < 4.78 is 15.3. The smallest absolute Gasteiger partial charge is 0.306 e. The number of pyridine rings is 1. The molecule has 0 radical (unpaired) electrons. The quantitative estimate of drug-likeness (QED) is 0.483. The van der Waals surface area contributed by atoms with Crippen LogP contribution in [0.2, 0.25) is 0 Å². The number of nitro benzene ring substituents is 1. The molecule has 3 heterocycles. The Hall–Kier alpha value is -4.15. The lowest BCUT2D eigenvalue weighted by Crippen LogP contribution is -2.28. The molecule has 1 N–H and O–H groups in total. The number of rotatable bonds is 5. The van der Waals surface area contributed by atoms with E-state index >= 15 is 0 Å². The Labute approximate surface area is 181 Å². The summed E-state index contributed by atoms with van der Waals surface area (Å²) in [6.07, 6.45) is 1.44. The third-order valence-electron chi connectivity index (χ3n) is 5.18. The van der Waals surface area contributed by atoms with Crippen LogP contribution in [0.25, 0.3) is 5.82 Å². The third kappa shape index (κ3) is 4.04. The second kappa shape index (κ2) is 8.17. The summed E-state index contributed by atoms with van der Waals surface area (Å²) in [4.78, 5) is 40.8. The number of carbonyl (C=O) groups is 2. The molecule has 4 rings (SSSR count). The summed E-state index contributed by atoms with van der Waals surface area (Å²) in [6.45, 7) is 3.83. The number of hydrogen-bond donors (Lipinski definition) is 1. The molecule has 1 aromatic carbocycles. The number of aromatic nitrogens is 3. The van der Waals surface area contributed by atoms with Crippen molar-refractivity contribution >= 4 is 28.9 Å². The van der Waals surface area contributed by atoms with Crippen LogP contribution in [0.1, 0.15) is 17.8 Å². The van der Waals surface area contributed by atoms with Gasteiger partial charge in [-0.05, 0) is 44.2 Å². The zero-order chi connectivity index (χ0) is 23.0. The first-order valence-electron chi connectivity index (χ1n) is 9.78. The van der Waals surface area contributed by atoms with Gasteiger partial charge in [0, 0.05) is 24.7 Å². The number of halogens is 1. The number of nitro groups is 1. The Balaban J connectivity index is 1.45. The number of hydrogen-bond acceptors (Lipinski definition) is 6. The molecular formula is C21H19FN6O4. The molecule has 164 valence electrons. The van der Waals surface area contributed by atoms with Gasteiger partial charge in [0.25, 0.3) is 0 Å². The first-order valence-corrected chi connectivity index (χ1v) is 9.78. The molecule has 0 unspecified atom stereocenters. The Morgan fingerprint density at radius 3 is 2.66 bits per heavy atom. The molecule has 0 spiro atoms. The third-order valence-corrected chi connectivity index (χ3v) is 5.18. The van der Waals surface area contributed by atoms with Gasteiger partial charge in [0.1, 0.15) is 0 Å². The van der Waals surface area contributed by atoms with E-state index in [0.29, 0.717) is 11.5 Å². The van der Waals surface area contributed by atoms with Crippen molar-refractivity contribution in [2.45, 2.75) is 20.3 Å². The molecule has 2 amide bonds. The van der Waals surface area contributed by atoms with E-state index in [1.54, 1.807) is 16.8 Å². The lowest BCUT2D eigenvalue weighted by atomic mass is 10.1. The molecule has 1 aliphatic rings. The zero-order valence-electron chi connectivity index (χ0n) is 17.3. The molecule has 1 aliphatic heterocycles. The highest BCUT2D eigenvalue weighted by Crippen LogP contribution is 2.30. The largest absolute Gasteiger partial charge is 0.324 e. The molecule has 1 fully saturated rings. The van der Waals surface area contributed by atoms with E-state index in [2.05, 4.69) is 15.4 Å². The molecule has 0 saturated carbocycles. The van der Waals surface area contributed by atoms with Crippen LogP contribution >= 0.6 is 0 Å². The number of aryl methyl sites for hydroxylation is 2. The SMILES string of the molecule is Cc1cc(C)n(-c2ccc(NC(=O)[C@@H]3CC(=O)N(c4ccc(F)c([N+](=O)[O-])c4)C3)cn2)n1. The number of benzene rings is 1. The van der Waals surface area contributed by atoms with Crippen LogP contribution in [0.3, 0.4) is 0 Å². The second-order valence-electron chi connectivity index (χ2n) is 7.53. The number of nitrogens with zero attached hydrogens (tertiary/aromatic N) is 5. The maximum absolute atomic E-state index is 13.6. The Morgan fingerprint density at radius 2 is 2.03 bits per heavy atom. The minimum Gasteiger partial charge on any atom is -0.324 e. The monoisotopic (exact) mass is 438 g/mol. The van der Waals surface area contributed by atoms with Crippen molar-refractivity contribution in [1.82, 2.24) is 14.8 Å². The first kappa shape index (κ1) is 21.1. The van der Waals surface area contributed by atoms with Gasteiger partial charge in [0.2, 0.25) is 17.6 Å². The second-order valence-corrected chi connectivity index (χ2v) is 7.53. The topological polar surface area (TPSA) is 123 Å². The van der Waals surface area contributed by atoms with Gasteiger partial charge in [0.05, 0.1) is 34.1 Å². The molecule has 3 aromatic rings. The van der Waals surface area contributed by atoms with Crippen molar-refractivity contribution in [2.75, 3.05) is 16.8 Å². The molecular weight excluding hydrogens is 419 g/mol. The summed E-state index contributed by atoms with van der Waals surface area (Å²) in [5.41, 5.74) is 1.70. The van der Waals surface area contributed by atoms with Gasteiger partial charge in [-0.25, -0.2) is 9.67 Å². The highest BCUT2D eigenvalue weighted by Gasteiger charge is 2.36. The van der Waals surface area contributed by atoms with Crippen LogP contribution < -0.4 is 10.2 Å². The molecule has 10 nitrogen and oxygen atoms in total. The number of amides is 2. The first-order chi connectivity index (χ1) is 15.2. The van der Waals surface area contributed by atoms with Crippen LogP contribution in [0.4, 0.5) is 21.5 Å². The molecule has 11 heteroatoms. The maximum Gasteiger partial charge on any atom is 0.306 e. The average molecular weight is 438 g/mol. The van der Waals surface area contributed by atoms with Crippen LogP contribution in [0, 0.1) is 35.7 Å². The fourth-order valence-electron chi connectivity index (χ4n) is 3.63. The van der Waals surface area contributed by atoms with E-state index in [1.165, 1.54) is 17.2 Å². The zero-order valence-corrected chi connectivity index (χ0v) is 17.3. The van der Waals surface area contributed by atoms with Crippen molar-refractivity contribution in [1.29, 1.82) is 0 Å². The highest BCUT2D eigenvalue weighted by atomic mass is 19.1. The van der Waals surface area contributed by atoms with Crippen LogP contribution in [-0.4, -0.2) is 38.0 Å². The standard InChI is InChI=1S/C21H19FN6O4/c1-12-7-13(2)27(25-12)19-6-3-15(10-23-19)24-21(30)14-8-20(29)26(11-14)16-4-5-17(22)18(9-16)28(31)32/h3-7,9-10,14H,8,11H2,1-2H3,(H,24,30)/t14-/m1/s1. The van der Waals surface area contributed by atoms with Gasteiger partial charge in [-0.2, -0.15) is 9.49 Å². The summed E-state index contributed by atoms with van der Waals surface area (Å²) in [7, 11) is 0. The molecule has 1 atom stereocenters. The van der Waals surface area contributed by atoms with Gasteiger partial charge in [-0.1, -0.05) is 0 Å². The van der Waals surface area contributed by atoms with Crippen molar-refractivity contribution in [3.63, 3.8) is 0 Å². The van der Waals surface area contributed by atoms with E-state index < -0.39 is 22.3 Å². The van der Waals surface area contributed by atoms with Crippen LogP contribution in [0.5, 0.6) is 0 Å². The van der Waals surface area contributed by atoms with E-state index in [0.717, 1.165) is 23.5 Å². The van der Waals surface area contributed by atoms with Gasteiger partial charge in [-0.3, -0.25) is 19.7 Å². The predicted octanol–water partition coefficient (Wildman–Crippen LogP) is 2.92. The Bertz CT molecular complexity index is 1220. The van der Waals surface area contributed by atoms with Crippen LogP contribution in [-0.2, 0) is 9.59 Å². The van der Waals surface area contributed by atoms with Gasteiger partial charge >= 0.3 is 5.69 Å². The van der Waals surface area contributed by atoms with Crippen molar-refractivity contribution in [3.05, 3.63) is 69.9 Å². The maximum atomic E-state index is 13.6. The van der Waals surface area contributed by atoms with E-state index in [1.807, 2.05) is 19.9 Å². The summed E-state index contributed by atoms with van der Waals surface area (Å²) in [5.74, 6) is -1.80. The summed E-state index contributed by atoms with van der Waals surface area (Å²) >= 11 is 0. The highest BCUT2D eigenvalue weighted by molar-refractivity contribution is 6.03.